The third kappa shape index (κ3) is 0.683. The van der Waals surface area contributed by atoms with Crippen molar-refractivity contribution in [2.45, 2.75) is 19.3 Å². The van der Waals surface area contributed by atoms with E-state index < -0.39 is 5.97 Å². The molecule has 1 aliphatic rings. The molecule has 1 aliphatic carbocycles. The Kier molecular flexibility index (Phi) is 0.929. The van der Waals surface area contributed by atoms with Crippen molar-refractivity contribution < 1.29 is 9.90 Å². The summed E-state index contributed by atoms with van der Waals surface area (Å²) in [5.41, 5.74) is 0. The van der Waals surface area contributed by atoms with Gasteiger partial charge < -0.3 is 9.90 Å². The van der Waals surface area contributed by atoms with E-state index in [4.69, 9.17) is 0 Å². The van der Waals surface area contributed by atoms with Gasteiger partial charge in [-0.15, -0.1) is 0 Å². The van der Waals surface area contributed by atoms with Crippen LogP contribution >= 0.6 is 0 Å². The SMILES string of the molecule is O=C([O-])[C+]1CCC1. The van der Waals surface area contributed by atoms with Crippen molar-refractivity contribution in [1.82, 2.24) is 0 Å². The fourth-order valence-corrected chi connectivity index (χ4v) is 0.558. The molecule has 0 saturated heterocycles. The number of hydrogen-bond donors (Lipinski definition) is 0. The van der Waals surface area contributed by atoms with Crippen LogP contribution in [0.1, 0.15) is 19.3 Å². The molecule has 0 spiro atoms. The van der Waals surface area contributed by atoms with Gasteiger partial charge in [0.25, 0.3) is 0 Å². The summed E-state index contributed by atoms with van der Waals surface area (Å²) in [6.45, 7) is 0. The molecule has 0 radical (unpaired) electrons. The van der Waals surface area contributed by atoms with Crippen LogP contribution in [0.4, 0.5) is 0 Å². The first-order valence-corrected chi connectivity index (χ1v) is 2.37. The lowest BCUT2D eigenvalue weighted by Crippen LogP contribution is -2.33. The lowest BCUT2D eigenvalue weighted by Gasteiger charge is -2.11. The quantitative estimate of drug-likeness (QED) is 0.414. The summed E-state index contributed by atoms with van der Waals surface area (Å²) in [6.07, 6.45) is 2.54. The maximum Gasteiger partial charge on any atom is 0.247 e. The standard InChI is InChI=1S/C5H6O2/c6-5(7)4-2-1-3-4/h1-3H2. The topological polar surface area (TPSA) is 40.1 Å². The Labute approximate surface area is 42.1 Å². The maximum atomic E-state index is 9.83. The molecule has 1 saturated carbocycles. The highest BCUT2D eigenvalue weighted by Crippen LogP contribution is 2.27. The zero-order chi connectivity index (χ0) is 5.28. The lowest BCUT2D eigenvalue weighted by atomic mass is 9.86. The van der Waals surface area contributed by atoms with E-state index in [1.54, 1.807) is 0 Å². The largest absolute Gasteiger partial charge is 0.508 e. The van der Waals surface area contributed by atoms with Gasteiger partial charge in [-0.25, -0.2) is 0 Å². The number of carboxylic acids is 1. The highest BCUT2D eigenvalue weighted by Gasteiger charge is 2.31. The molecule has 38 valence electrons. The first-order chi connectivity index (χ1) is 3.30. The highest BCUT2D eigenvalue weighted by atomic mass is 16.4. The van der Waals surface area contributed by atoms with Crippen molar-refractivity contribution in [1.29, 1.82) is 0 Å². The van der Waals surface area contributed by atoms with E-state index in [1.165, 1.54) is 0 Å². The molecule has 0 aromatic rings. The molecular formula is C5H6O2. The molecule has 0 aromatic heterocycles. The van der Waals surface area contributed by atoms with Crippen LogP contribution < -0.4 is 5.11 Å². The Bertz CT molecular complexity index is 84.1. The van der Waals surface area contributed by atoms with Gasteiger partial charge in [-0.3, -0.25) is 0 Å². The molecule has 1 fully saturated rings. The third-order valence-electron chi connectivity index (χ3n) is 1.25. The summed E-state index contributed by atoms with van der Waals surface area (Å²) < 4.78 is 0. The number of carbonyl (C=O) groups excluding carboxylic acids is 1. The first kappa shape index (κ1) is 4.50. The van der Waals surface area contributed by atoms with Gasteiger partial charge in [0.1, 0.15) is 18.8 Å². The first-order valence-electron chi connectivity index (χ1n) is 2.37. The fraction of sp³-hybridized carbons (Fsp3) is 0.600. The molecule has 0 atom stereocenters. The average Bonchev–Trinajstić information content (AvgIpc) is 1.23. The smallest absolute Gasteiger partial charge is 0.247 e. The van der Waals surface area contributed by atoms with Gasteiger partial charge in [0, 0.05) is 6.42 Å². The van der Waals surface area contributed by atoms with Crippen LogP contribution in [0.25, 0.3) is 0 Å². The summed E-state index contributed by atoms with van der Waals surface area (Å²) in [5.74, 6) is -0.369. The Hall–Kier alpha value is -0.660. The third-order valence-corrected chi connectivity index (χ3v) is 1.25. The minimum absolute atomic E-state index is 0.583. The van der Waals surface area contributed by atoms with Gasteiger partial charge >= 0.3 is 0 Å². The number of hydrogen-bond acceptors (Lipinski definition) is 2. The van der Waals surface area contributed by atoms with Crippen molar-refractivity contribution >= 4 is 5.97 Å². The molecule has 0 bridgehead atoms. The highest BCUT2D eigenvalue weighted by molar-refractivity contribution is 5.81. The summed E-state index contributed by atoms with van der Waals surface area (Å²) in [5, 5.41) is 9.83. The van der Waals surface area contributed by atoms with E-state index in [-0.39, 0.29) is 0 Å². The van der Waals surface area contributed by atoms with Crippen molar-refractivity contribution in [2.75, 3.05) is 0 Å². The van der Waals surface area contributed by atoms with E-state index in [0.717, 1.165) is 19.3 Å². The van der Waals surface area contributed by atoms with Crippen LogP contribution in [-0.2, 0) is 4.79 Å². The molecule has 1 rings (SSSR count). The lowest BCUT2D eigenvalue weighted by molar-refractivity contribution is -0.304. The van der Waals surface area contributed by atoms with Gasteiger partial charge in [0.2, 0.25) is 5.97 Å². The summed E-state index contributed by atoms with van der Waals surface area (Å²) >= 11 is 0. The number of rotatable bonds is 1. The van der Waals surface area contributed by atoms with Crippen LogP contribution in [0.3, 0.4) is 0 Å². The number of carboxylic acid groups (broad SMARTS) is 1. The van der Waals surface area contributed by atoms with E-state index >= 15 is 0 Å². The molecule has 2 heteroatoms. The fourth-order valence-electron chi connectivity index (χ4n) is 0.558. The van der Waals surface area contributed by atoms with Crippen LogP contribution in [0.2, 0.25) is 0 Å². The monoisotopic (exact) mass is 98.0 g/mol. The second-order valence-electron chi connectivity index (χ2n) is 1.74. The minimum Gasteiger partial charge on any atom is -0.508 e. The van der Waals surface area contributed by atoms with Gasteiger partial charge in [-0.2, -0.15) is 0 Å². The second kappa shape index (κ2) is 1.45. The van der Waals surface area contributed by atoms with Crippen LogP contribution in [0.5, 0.6) is 0 Å². The maximum absolute atomic E-state index is 9.83. The van der Waals surface area contributed by atoms with E-state index in [0.29, 0.717) is 5.92 Å². The molecule has 0 amide bonds. The predicted octanol–water partition coefficient (Wildman–Crippen LogP) is -0.505. The minimum atomic E-state index is -0.953. The zero-order valence-electron chi connectivity index (χ0n) is 3.94. The van der Waals surface area contributed by atoms with Crippen molar-refractivity contribution in [3.05, 3.63) is 5.92 Å². The van der Waals surface area contributed by atoms with Crippen LogP contribution in [-0.4, -0.2) is 5.97 Å². The summed E-state index contributed by atoms with van der Waals surface area (Å²) in [7, 11) is 0. The van der Waals surface area contributed by atoms with Crippen LogP contribution in [0, 0.1) is 5.92 Å². The molecular weight excluding hydrogens is 92.1 g/mol. The molecule has 0 aliphatic heterocycles. The Morgan fingerprint density at radius 1 is 1.57 bits per heavy atom. The molecule has 0 aromatic carbocycles. The number of aliphatic carboxylic acids is 1. The summed E-state index contributed by atoms with van der Waals surface area (Å²) in [4.78, 5) is 9.83. The molecule has 0 heterocycles. The van der Waals surface area contributed by atoms with Crippen molar-refractivity contribution in [3.63, 3.8) is 0 Å². The second-order valence-corrected chi connectivity index (χ2v) is 1.74. The summed E-state index contributed by atoms with van der Waals surface area (Å²) in [6, 6.07) is 0. The van der Waals surface area contributed by atoms with Crippen LogP contribution in [0.15, 0.2) is 0 Å². The van der Waals surface area contributed by atoms with Gasteiger partial charge in [0.05, 0.1) is 0 Å². The normalized spacial score (nSPS) is 18.6. The van der Waals surface area contributed by atoms with Crippen molar-refractivity contribution in [2.24, 2.45) is 0 Å². The number of carbonyl (C=O) groups is 1. The van der Waals surface area contributed by atoms with E-state index in [2.05, 4.69) is 0 Å². The van der Waals surface area contributed by atoms with Crippen molar-refractivity contribution in [3.8, 4) is 0 Å². The van der Waals surface area contributed by atoms with Gasteiger partial charge in [-0.1, -0.05) is 0 Å². The predicted molar refractivity (Wildman–Crippen MR) is 22.1 cm³/mol. The molecule has 2 nitrogen and oxygen atoms in total. The Morgan fingerprint density at radius 2 is 2.14 bits per heavy atom. The zero-order valence-corrected chi connectivity index (χ0v) is 3.94. The molecule has 0 N–H and O–H groups in total. The van der Waals surface area contributed by atoms with E-state index in [1.807, 2.05) is 0 Å². The molecule has 0 unspecified atom stereocenters. The van der Waals surface area contributed by atoms with E-state index in [9.17, 15) is 9.90 Å². The van der Waals surface area contributed by atoms with Gasteiger partial charge in [0.15, 0.2) is 0 Å². The molecule has 7 heavy (non-hydrogen) atoms. The van der Waals surface area contributed by atoms with Gasteiger partial charge in [-0.05, 0) is 0 Å². The Morgan fingerprint density at radius 3 is 2.14 bits per heavy atom. The Balaban J connectivity index is 2.27. The average molecular weight is 98.1 g/mol.